The fourth-order valence-corrected chi connectivity index (χ4v) is 4.06. The van der Waals surface area contributed by atoms with Gasteiger partial charge in [-0.3, -0.25) is 0 Å². The Morgan fingerprint density at radius 1 is 1.35 bits per heavy atom. The highest BCUT2D eigenvalue weighted by atomic mass is 35.5. The fourth-order valence-electron chi connectivity index (χ4n) is 1.51. The molecule has 1 aromatic carbocycles. The van der Waals surface area contributed by atoms with Crippen molar-refractivity contribution in [2.75, 3.05) is 7.11 Å². The van der Waals surface area contributed by atoms with Crippen molar-refractivity contribution in [3.63, 3.8) is 0 Å². The first-order valence-corrected chi connectivity index (χ1v) is 8.17. The van der Waals surface area contributed by atoms with Crippen molar-refractivity contribution >= 4 is 33.0 Å². The van der Waals surface area contributed by atoms with Gasteiger partial charge in [0.25, 0.3) is 0 Å². The molecule has 108 valence electrons. The Morgan fingerprint density at radius 2 is 2.10 bits per heavy atom. The Morgan fingerprint density at radius 3 is 2.65 bits per heavy atom. The molecule has 0 atom stereocenters. The van der Waals surface area contributed by atoms with Gasteiger partial charge in [0.05, 0.1) is 11.4 Å². The Bertz CT molecular complexity index is 715. The van der Waals surface area contributed by atoms with Crippen LogP contribution in [-0.4, -0.2) is 15.5 Å². The Hall–Kier alpha value is -1.15. The zero-order valence-electron chi connectivity index (χ0n) is 10.4. The second-order valence-corrected chi connectivity index (χ2v) is 7.56. The molecule has 0 aliphatic rings. The van der Waals surface area contributed by atoms with Crippen molar-refractivity contribution < 1.29 is 17.5 Å². The molecule has 20 heavy (non-hydrogen) atoms. The number of halogens is 2. The second-order valence-electron chi connectivity index (χ2n) is 3.85. The minimum atomic E-state index is -3.64. The molecule has 0 radical (unpaired) electrons. The maximum absolute atomic E-state index is 13.5. The number of ether oxygens (including phenoxy) is 1. The summed E-state index contributed by atoms with van der Waals surface area (Å²) in [6.45, 7) is -0.0151. The summed E-state index contributed by atoms with van der Waals surface area (Å²) in [6.07, 6.45) is 0. The standard InChI is InChI=1S/C12H11ClFNO3S2/c1-18-10-3-2-8(6-9(10)14)7-15-20(16,17)12-5-4-11(13)19-12/h2-6,15H,7H2,1H3. The summed E-state index contributed by atoms with van der Waals surface area (Å²) in [5.74, 6) is -0.426. The highest BCUT2D eigenvalue weighted by Gasteiger charge is 2.16. The Kier molecular flexibility index (Phi) is 4.64. The molecule has 0 unspecified atom stereocenters. The van der Waals surface area contributed by atoms with Crippen LogP contribution in [0.5, 0.6) is 5.75 Å². The molecule has 0 amide bonds. The average molecular weight is 336 g/mol. The molecular weight excluding hydrogens is 325 g/mol. The highest BCUT2D eigenvalue weighted by Crippen LogP contribution is 2.25. The number of methoxy groups -OCH3 is 1. The molecule has 0 saturated heterocycles. The first kappa shape index (κ1) is 15.2. The van der Waals surface area contributed by atoms with Crippen molar-refractivity contribution in [2.24, 2.45) is 0 Å². The monoisotopic (exact) mass is 335 g/mol. The van der Waals surface area contributed by atoms with Crippen LogP contribution in [0.2, 0.25) is 4.34 Å². The number of rotatable bonds is 5. The molecule has 0 fully saturated rings. The van der Waals surface area contributed by atoms with Gasteiger partial charge < -0.3 is 4.74 Å². The molecular formula is C12H11ClFNO3S2. The lowest BCUT2D eigenvalue weighted by Crippen LogP contribution is -2.22. The van der Waals surface area contributed by atoms with Crippen molar-refractivity contribution in [1.29, 1.82) is 0 Å². The largest absolute Gasteiger partial charge is 0.494 e. The van der Waals surface area contributed by atoms with Gasteiger partial charge in [0.2, 0.25) is 10.0 Å². The molecule has 4 nitrogen and oxygen atoms in total. The lowest BCUT2D eigenvalue weighted by atomic mass is 10.2. The summed E-state index contributed by atoms with van der Waals surface area (Å²) >= 11 is 6.66. The summed E-state index contributed by atoms with van der Waals surface area (Å²) < 4.78 is 45.1. The van der Waals surface area contributed by atoms with Gasteiger partial charge in [-0.15, -0.1) is 11.3 Å². The zero-order chi connectivity index (χ0) is 14.8. The average Bonchev–Trinajstić information content (AvgIpc) is 2.84. The lowest BCUT2D eigenvalue weighted by molar-refractivity contribution is 0.386. The van der Waals surface area contributed by atoms with Crippen molar-refractivity contribution in [2.45, 2.75) is 10.8 Å². The van der Waals surface area contributed by atoms with Gasteiger partial charge in [-0.05, 0) is 29.8 Å². The molecule has 1 aromatic heterocycles. The van der Waals surface area contributed by atoms with Crippen LogP contribution < -0.4 is 9.46 Å². The van der Waals surface area contributed by atoms with E-state index in [0.717, 1.165) is 11.3 Å². The minimum absolute atomic E-state index is 0.0151. The van der Waals surface area contributed by atoms with Gasteiger partial charge in [0.15, 0.2) is 11.6 Å². The van der Waals surface area contributed by atoms with Crippen LogP contribution in [0.15, 0.2) is 34.5 Å². The van der Waals surface area contributed by atoms with Gasteiger partial charge >= 0.3 is 0 Å². The van der Waals surface area contributed by atoms with E-state index in [1.54, 1.807) is 6.07 Å². The molecule has 0 aliphatic carbocycles. The topological polar surface area (TPSA) is 55.4 Å². The maximum atomic E-state index is 13.5. The van der Waals surface area contributed by atoms with E-state index in [0.29, 0.717) is 9.90 Å². The van der Waals surface area contributed by atoms with Crippen LogP contribution in [-0.2, 0) is 16.6 Å². The minimum Gasteiger partial charge on any atom is -0.494 e. The third-order valence-corrected chi connectivity index (χ3v) is 5.62. The molecule has 0 saturated carbocycles. The van der Waals surface area contributed by atoms with Crippen LogP contribution in [0.25, 0.3) is 0 Å². The van der Waals surface area contributed by atoms with E-state index in [2.05, 4.69) is 4.72 Å². The van der Waals surface area contributed by atoms with Gasteiger partial charge in [-0.2, -0.15) is 0 Å². The predicted molar refractivity (Wildman–Crippen MR) is 76.3 cm³/mol. The molecule has 2 aromatic rings. The smallest absolute Gasteiger partial charge is 0.250 e. The summed E-state index contributed by atoms with van der Waals surface area (Å²) in [5.41, 5.74) is 0.495. The molecule has 0 aliphatic heterocycles. The van der Waals surface area contributed by atoms with Crippen LogP contribution in [0, 0.1) is 5.82 Å². The number of nitrogens with one attached hydrogen (secondary N) is 1. The van der Waals surface area contributed by atoms with Crippen LogP contribution in [0.1, 0.15) is 5.56 Å². The number of thiophene rings is 1. The second kappa shape index (κ2) is 6.09. The number of hydrogen-bond donors (Lipinski definition) is 1. The number of sulfonamides is 1. The number of hydrogen-bond acceptors (Lipinski definition) is 4. The van der Waals surface area contributed by atoms with Crippen molar-refractivity contribution in [3.8, 4) is 5.75 Å². The first-order valence-electron chi connectivity index (χ1n) is 5.50. The van der Waals surface area contributed by atoms with Gasteiger partial charge in [0.1, 0.15) is 4.21 Å². The van der Waals surface area contributed by atoms with Crippen molar-refractivity contribution in [1.82, 2.24) is 4.72 Å². The first-order chi connectivity index (χ1) is 9.42. The normalized spacial score (nSPS) is 11.6. The number of benzene rings is 1. The molecule has 0 bridgehead atoms. The fraction of sp³-hybridized carbons (Fsp3) is 0.167. The molecule has 8 heteroatoms. The summed E-state index contributed by atoms with van der Waals surface area (Å²) in [7, 11) is -2.27. The van der Waals surface area contributed by atoms with E-state index in [1.165, 1.54) is 31.4 Å². The van der Waals surface area contributed by atoms with E-state index in [4.69, 9.17) is 16.3 Å². The highest BCUT2D eigenvalue weighted by molar-refractivity contribution is 7.91. The summed E-state index contributed by atoms with van der Waals surface area (Å²) in [6, 6.07) is 7.19. The molecule has 1 heterocycles. The summed E-state index contributed by atoms with van der Waals surface area (Å²) in [5, 5.41) is 0. The Balaban J connectivity index is 2.10. The third-order valence-electron chi connectivity index (χ3n) is 2.50. The summed E-state index contributed by atoms with van der Waals surface area (Å²) in [4.78, 5) is 0. The van der Waals surface area contributed by atoms with E-state index < -0.39 is 15.8 Å². The van der Waals surface area contributed by atoms with E-state index in [9.17, 15) is 12.8 Å². The van der Waals surface area contributed by atoms with E-state index in [1.807, 2.05) is 0 Å². The van der Waals surface area contributed by atoms with Crippen LogP contribution >= 0.6 is 22.9 Å². The van der Waals surface area contributed by atoms with E-state index >= 15 is 0 Å². The molecule has 1 N–H and O–H groups in total. The molecule has 2 rings (SSSR count). The predicted octanol–water partition coefficient (Wildman–Crippen LogP) is 3.03. The van der Waals surface area contributed by atoms with Gasteiger partial charge in [-0.1, -0.05) is 17.7 Å². The van der Waals surface area contributed by atoms with Crippen LogP contribution in [0.4, 0.5) is 4.39 Å². The van der Waals surface area contributed by atoms with E-state index in [-0.39, 0.29) is 16.5 Å². The van der Waals surface area contributed by atoms with Gasteiger partial charge in [0, 0.05) is 6.54 Å². The Labute approximate surface area is 125 Å². The SMILES string of the molecule is COc1ccc(CNS(=O)(=O)c2ccc(Cl)s2)cc1F. The third kappa shape index (κ3) is 3.49. The molecule has 0 spiro atoms. The van der Waals surface area contributed by atoms with Crippen molar-refractivity contribution in [3.05, 3.63) is 46.0 Å². The zero-order valence-corrected chi connectivity index (χ0v) is 12.8. The quantitative estimate of drug-likeness (QED) is 0.913. The van der Waals surface area contributed by atoms with Gasteiger partial charge in [-0.25, -0.2) is 17.5 Å². The lowest BCUT2D eigenvalue weighted by Gasteiger charge is -2.07. The maximum Gasteiger partial charge on any atom is 0.250 e. The van der Waals surface area contributed by atoms with Crippen LogP contribution in [0.3, 0.4) is 0 Å².